The number of halogens is 3. The lowest BCUT2D eigenvalue weighted by Crippen LogP contribution is -2.44. The molecule has 10 heteroatoms. The molecule has 0 saturated carbocycles. The van der Waals surface area contributed by atoms with Crippen molar-refractivity contribution < 1.29 is 18.0 Å². The molecule has 1 aliphatic rings. The number of nitrogens with zero attached hydrogens (tertiary/aromatic N) is 5. The Balaban J connectivity index is 1.68. The molecule has 0 atom stereocenters. The summed E-state index contributed by atoms with van der Waals surface area (Å²) in [6.07, 6.45) is -3.65. The number of carbonyl (C=O) groups is 1. The van der Waals surface area contributed by atoms with Crippen molar-refractivity contribution in [2.24, 2.45) is 0 Å². The fourth-order valence-electron chi connectivity index (χ4n) is 3.89. The van der Waals surface area contributed by atoms with Crippen molar-refractivity contribution in [1.29, 1.82) is 0 Å². The van der Waals surface area contributed by atoms with Gasteiger partial charge in [0.2, 0.25) is 5.82 Å². The largest absolute Gasteiger partial charge is 0.416 e. The van der Waals surface area contributed by atoms with Crippen molar-refractivity contribution in [3.8, 4) is 16.4 Å². The Morgan fingerprint density at radius 1 is 1.03 bits per heavy atom. The number of hydrogen-bond donors (Lipinski definition) is 0. The molecule has 176 valence electrons. The zero-order valence-electron chi connectivity index (χ0n) is 18.8. The zero-order valence-corrected chi connectivity index (χ0v) is 19.6. The molecule has 1 aliphatic heterocycles. The Labute approximate surface area is 194 Å². The van der Waals surface area contributed by atoms with Gasteiger partial charge in [-0.25, -0.2) is 9.67 Å². The van der Waals surface area contributed by atoms with Gasteiger partial charge in [-0.15, -0.1) is 16.4 Å². The first-order chi connectivity index (χ1) is 15.5. The third kappa shape index (κ3) is 5.11. The Morgan fingerprint density at radius 3 is 2.48 bits per heavy atom. The maximum absolute atomic E-state index is 13.3. The van der Waals surface area contributed by atoms with Gasteiger partial charge in [-0.1, -0.05) is 12.1 Å². The van der Waals surface area contributed by atoms with Crippen LogP contribution in [0.3, 0.4) is 0 Å². The van der Waals surface area contributed by atoms with E-state index in [1.165, 1.54) is 28.2 Å². The van der Waals surface area contributed by atoms with E-state index in [9.17, 15) is 18.0 Å². The molecule has 1 fully saturated rings. The fourth-order valence-corrected chi connectivity index (χ4v) is 4.59. The minimum Gasteiger partial charge on any atom is -0.335 e. The number of amides is 1. The molecule has 1 amide bonds. The molecule has 33 heavy (non-hydrogen) atoms. The van der Waals surface area contributed by atoms with Crippen LogP contribution in [0.25, 0.3) is 16.4 Å². The van der Waals surface area contributed by atoms with Gasteiger partial charge in [0.25, 0.3) is 5.91 Å². The van der Waals surface area contributed by atoms with E-state index in [1.807, 2.05) is 11.4 Å². The third-order valence-corrected chi connectivity index (χ3v) is 6.56. The van der Waals surface area contributed by atoms with Gasteiger partial charge in [0, 0.05) is 31.7 Å². The number of thiophene rings is 1. The van der Waals surface area contributed by atoms with Crippen LogP contribution in [0.4, 0.5) is 13.2 Å². The zero-order chi connectivity index (χ0) is 23.8. The number of benzene rings is 1. The topological polar surface area (TPSA) is 54.3 Å². The second kappa shape index (κ2) is 8.90. The van der Waals surface area contributed by atoms with Gasteiger partial charge in [0.1, 0.15) is 0 Å². The van der Waals surface area contributed by atoms with E-state index >= 15 is 0 Å². The predicted octanol–water partition coefficient (Wildman–Crippen LogP) is 4.96. The Morgan fingerprint density at radius 2 is 1.82 bits per heavy atom. The molecule has 3 heterocycles. The molecule has 0 aliphatic carbocycles. The minimum absolute atomic E-state index is 0.00866. The smallest absolute Gasteiger partial charge is 0.335 e. The molecule has 0 unspecified atom stereocenters. The van der Waals surface area contributed by atoms with Crippen molar-refractivity contribution in [1.82, 2.24) is 24.6 Å². The van der Waals surface area contributed by atoms with Gasteiger partial charge in [0.15, 0.2) is 5.82 Å². The first kappa shape index (κ1) is 23.4. The maximum Gasteiger partial charge on any atom is 0.416 e. The summed E-state index contributed by atoms with van der Waals surface area (Å²) in [6, 6.07) is 8.52. The molecule has 1 aromatic carbocycles. The molecule has 0 radical (unpaired) electrons. The number of carbonyl (C=O) groups excluding carboxylic acids is 1. The summed E-state index contributed by atoms with van der Waals surface area (Å²) in [5.74, 6) is 0.0214. The summed E-state index contributed by atoms with van der Waals surface area (Å²) in [5.41, 5.74) is -0.570. The predicted molar refractivity (Wildman–Crippen MR) is 122 cm³/mol. The number of rotatable bonds is 3. The van der Waals surface area contributed by atoms with E-state index in [-0.39, 0.29) is 23.0 Å². The summed E-state index contributed by atoms with van der Waals surface area (Å²) in [7, 11) is 0. The summed E-state index contributed by atoms with van der Waals surface area (Å²) >= 11 is 1.38. The van der Waals surface area contributed by atoms with Crippen LogP contribution >= 0.6 is 11.3 Å². The van der Waals surface area contributed by atoms with Crippen molar-refractivity contribution in [3.63, 3.8) is 0 Å². The van der Waals surface area contributed by atoms with Crippen LogP contribution in [0.1, 0.15) is 43.4 Å². The van der Waals surface area contributed by atoms with Crippen LogP contribution in [-0.4, -0.2) is 62.2 Å². The normalized spacial score (nSPS) is 16.1. The van der Waals surface area contributed by atoms with Gasteiger partial charge < -0.3 is 4.90 Å². The van der Waals surface area contributed by atoms with Gasteiger partial charge in [-0.05, 0) is 56.8 Å². The van der Waals surface area contributed by atoms with Crippen molar-refractivity contribution in [2.45, 2.75) is 38.9 Å². The molecule has 0 spiro atoms. The molecule has 1 saturated heterocycles. The van der Waals surface area contributed by atoms with Gasteiger partial charge in [0.05, 0.1) is 16.1 Å². The van der Waals surface area contributed by atoms with E-state index in [2.05, 4.69) is 35.8 Å². The quantitative estimate of drug-likeness (QED) is 0.535. The van der Waals surface area contributed by atoms with Gasteiger partial charge in [-0.3, -0.25) is 9.69 Å². The second-order valence-corrected chi connectivity index (χ2v) is 9.95. The van der Waals surface area contributed by atoms with Crippen LogP contribution < -0.4 is 0 Å². The average Bonchev–Trinajstić information content (AvgIpc) is 3.36. The van der Waals surface area contributed by atoms with E-state index < -0.39 is 11.7 Å². The lowest BCUT2D eigenvalue weighted by Gasteiger charge is -2.34. The minimum atomic E-state index is -4.48. The van der Waals surface area contributed by atoms with E-state index in [1.54, 1.807) is 11.0 Å². The SMILES string of the molecule is CC(C)(C)N1CCCN(C(=O)c2nc(-c3cccs3)n(-c3cccc(C(F)(F)F)c3)n2)CC1. The summed E-state index contributed by atoms with van der Waals surface area (Å²) in [4.78, 5) is 22.6. The number of aromatic nitrogens is 3. The van der Waals surface area contributed by atoms with E-state index in [4.69, 9.17) is 0 Å². The molecular weight excluding hydrogens is 451 g/mol. The molecule has 0 N–H and O–H groups in total. The first-order valence-electron chi connectivity index (χ1n) is 10.8. The maximum atomic E-state index is 13.3. The Bertz CT molecular complexity index is 1120. The number of alkyl halides is 3. The van der Waals surface area contributed by atoms with Crippen molar-refractivity contribution in [2.75, 3.05) is 26.2 Å². The van der Waals surface area contributed by atoms with Gasteiger partial charge >= 0.3 is 6.18 Å². The molecule has 0 bridgehead atoms. The first-order valence-corrected chi connectivity index (χ1v) is 11.6. The highest BCUT2D eigenvalue weighted by Gasteiger charge is 2.32. The second-order valence-electron chi connectivity index (χ2n) is 9.00. The average molecular weight is 478 g/mol. The van der Waals surface area contributed by atoms with Crippen LogP contribution in [0.5, 0.6) is 0 Å². The fraction of sp³-hybridized carbons (Fsp3) is 0.435. The molecule has 2 aromatic heterocycles. The highest BCUT2D eigenvalue weighted by atomic mass is 32.1. The monoisotopic (exact) mass is 477 g/mol. The van der Waals surface area contributed by atoms with E-state index in [0.717, 1.165) is 31.6 Å². The van der Waals surface area contributed by atoms with Crippen LogP contribution in [-0.2, 0) is 6.18 Å². The highest BCUT2D eigenvalue weighted by molar-refractivity contribution is 7.13. The Kier molecular flexibility index (Phi) is 6.32. The molecule has 6 nitrogen and oxygen atoms in total. The molecular formula is C23H26F3N5OS. The summed E-state index contributed by atoms with van der Waals surface area (Å²) in [6.45, 7) is 9.20. The van der Waals surface area contributed by atoms with Crippen LogP contribution in [0.2, 0.25) is 0 Å². The van der Waals surface area contributed by atoms with Gasteiger partial charge in [-0.2, -0.15) is 13.2 Å². The van der Waals surface area contributed by atoms with Crippen LogP contribution in [0, 0.1) is 0 Å². The molecule has 4 rings (SSSR count). The lowest BCUT2D eigenvalue weighted by molar-refractivity contribution is -0.137. The standard InChI is InChI=1S/C23H26F3N5OS/c1-22(2,3)30-11-6-10-29(12-13-30)21(32)19-27-20(18-9-5-14-33-18)31(28-19)17-8-4-7-16(15-17)23(24,25)26/h4-5,7-9,14-15H,6,10-13H2,1-3H3. The summed E-state index contributed by atoms with van der Waals surface area (Å²) in [5, 5.41) is 6.22. The Hall–Kier alpha value is -2.72. The molecule has 3 aromatic rings. The van der Waals surface area contributed by atoms with Crippen molar-refractivity contribution >= 4 is 17.2 Å². The number of hydrogen-bond acceptors (Lipinski definition) is 5. The third-order valence-electron chi connectivity index (χ3n) is 5.69. The lowest BCUT2D eigenvalue weighted by atomic mass is 10.1. The van der Waals surface area contributed by atoms with E-state index in [0.29, 0.717) is 23.8 Å². The van der Waals surface area contributed by atoms with Crippen molar-refractivity contribution in [3.05, 3.63) is 53.2 Å². The summed E-state index contributed by atoms with van der Waals surface area (Å²) < 4.78 is 41.2. The van der Waals surface area contributed by atoms with Crippen LogP contribution in [0.15, 0.2) is 41.8 Å². The highest BCUT2D eigenvalue weighted by Crippen LogP contribution is 2.32.